The molecule has 4 nitrogen and oxygen atoms in total. The number of hydrogen-bond acceptors (Lipinski definition) is 2. The van der Waals surface area contributed by atoms with Crippen molar-refractivity contribution in [2.75, 3.05) is 0 Å². The molecule has 1 rings (SSSR count). The highest BCUT2D eigenvalue weighted by Crippen LogP contribution is 2.14. The summed E-state index contributed by atoms with van der Waals surface area (Å²) in [6, 6.07) is 0. The van der Waals surface area contributed by atoms with E-state index in [-0.39, 0.29) is 6.54 Å². The molecule has 0 bridgehead atoms. The van der Waals surface area contributed by atoms with Crippen molar-refractivity contribution in [2.24, 2.45) is 0 Å². The number of aliphatic carboxylic acids is 1. The first kappa shape index (κ1) is 9.50. The minimum absolute atomic E-state index is 0.0598. The molecule has 66 valence electrons. The molecule has 0 aromatic carbocycles. The van der Waals surface area contributed by atoms with Gasteiger partial charge in [0.15, 0.2) is 0 Å². The van der Waals surface area contributed by atoms with Crippen molar-refractivity contribution in [1.29, 1.82) is 0 Å². The second kappa shape index (κ2) is 3.42. The molecule has 0 saturated carbocycles. The predicted octanol–water partition coefficient (Wildman–Crippen LogP) is 1.19. The van der Waals surface area contributed by atoms with Crippen molar-refractivity contribution in [3.05, 3.63) is 15.0 Å². The predicted molar refractivity (Wildman–Crippen MR) is 52.1 cm³/mol. The van der Waals surface area contributed by atoms with Gasteiger partial charge in [0, 0.05) is 5.69 Å². The molecule has 0 atom stereocenters. The van der Waals surface area contributed by atoms with Crippen LogP contribution in [0.1, 0.15) is 11.4 Å². The molecular weight excluding hydrogens is 271 g/mol. The number of hydrogen-bond donors (Lipinski definition) is 1. The Bertz CT molecular complexity index is 319. The summed E-state index contributed by atoms with van der Waals surface area (Å²) < 4.78 is 2.54. The fourth-order valence-electron chi connectivity index (χ4n) is 0.957. The molecule has 0 unspecified atom stereocenters. The van der Waals surface area contributed by atoms with Crippen molar-refractivity contribution in [1.82, 2.24) is 9.78 Å². The van der Waals surface area contributed by atoms with E-state index in [0.717, 1.165) is 15.0 Å². The summed E-state index contributed by atoms with van der Waals surface area (Å²) in [5, 5.41) is 12.6. The standard InChI is InChI=1S/C7H9IN2O2/c1-4-7(8)5(2)10(9-4)3-6(11)12/h3H2,1-2H3,(H,11,12). The lowest BCUT2D eigenvalue weighted by atomic mass is 10.4. The molecule has 1 aromatic rings. The van der Waals surface area contributed by atoms with E-state index in [1.807, 2.05) is 13.8 Å². The molecule has 0 fully saturated rings. The zero-order chi connectivity index (χ0) is 9.30. The highest BCUT2D eigenvalue weighted by molar-refractivity contribution is 14.1. The first-order valence-electron chi connectivity index (χ1n) is 3.43. The van der Waals surface area contributed by atoms with Gasteiger partial charge < -0.3 is 5.11 Å². The van der Waals surface area contributed by atoms with Gasteiger partial charge in [-0.3, -0.25) is 9.48 Å². The minimum atomic E-state index is -0.864. The van der Waals surface area contributed by atoms with Crippen LogP contribution in [0.4, 0.5) is 0 Å². The van der Waals surface area contributed by atoms with Gasteiger partial charge >= 0.3 is 5.97 Å². The zero-order valence-electron chi connectivity index (χ0n) is 6.83. The van der Waals surface area contributed by atoms with Crippen LogP contribution in [-0.4, -0.2) is 20.9 Å². The molecule has 0 aliphatic rings. The maximum Gasteiger partial charge on any atom is 0.325 e. The average molecular weight is 280 g/mol. The molecule has 0 spiro atoms. The lowest BCUT2D eigenvalue weighted by molar-refractivity contribution is -0.137. The van der Waals surface area contributed by atoms with Crippen LogP contribution in [0.5, 0.6) is 0 Å². The number of carboxylic acid groups (broad SMARTS) is 1. The van der Waals surface area contributed by atoms with E-state index in [1.165, 1.54) is 4.68 Å². The Kier molecular flexibility index (Phi) is 2.71. The van der Waals surface area contributed by atoms with Crippen LogP contribution in [0.3, 0.4) is 0 Å². The number of carbonyl (C=O) groups is 1. The summed E-state index contributed by atoms with van der Waals surface area (Å²) in [7, 11) is 0. The van der Waals surface area contributed by atoms with E-state index in [2.05, 4.69) is 27.7 Å². The Morgan fingerprint density at radius 3 is 2.58 bits per heavy atom. The molecule has 5 heteroatoms. The quantitative estimate of drug-likeness (QED) is 0.828. The van der Waals surface area contributed by atoms with E-state index < -0.39 is 5.97 Å². The van der Waals surface area contributed by atoms with Crippen molar-refractivity contribution < 1.29 is 9.90 Å². The molecule has 12 heavy (non-hydrogen) atoms. The van der Waals surface area contributed by atoms with Gasteiger partial charge in [-0.1, -0.05) is 0 Å². The molecule has 0 aliphatic carbocycles. The maximum atomic E-state index is 10.4. The second-order valence-corrected chi connectivity index (χ2v) is 3.61. The van der Waals surface area contributed by atoms with Crippen molar-refractivity contribution in [3.8, 4) is 0 Å². The van der Waals surface area contributed by atoms with Crippen LogP contribution >= 0.6 is 22.6 Å². The van der Waals surface area contributed by atoms with Gasteiger partial charge in [0.1, 0.15) is 6.54 Å². The SMILES string of the molecule is Cc1nn(CC(=O)O)c(C)c1I. The number of halogens is 1. The monoisotopic (exact) mass is 280 g/mol. The number of aromatic nitrogens is 2. The summed E-state index contributed by atoms with van der Waals surface area (Å²) in [6.45, 7) is 3.67. The van der Waals surface area contributed by atoms with E-state index in [4.69, 9.17) is 5.11 Å². The second-order valence-electron chi connectivity index (χ2n) is 2.54. The van der Waals surface area contributed by atoms with Crippen LogP contribution in [-0.2, 0) is 11.3 Å². The largest absolute Gasteiger partial charge is 0.480 e. The Morgan fingerprint density at radius 2 is 2.25 bits per heavy atom. The van der Waals surface area contributed by atoms with Gasteiger partial charge in [0.2, 0.25) is 0 Å². The molecule has 0 amide bonds. The summed E-state index contributed by atoms with van der Waals surface area (Å²) >= 11 is 2.16. The summed E-state index contributed by atoms with van der Waals surface area (Å²) in [5.41, 5.74) is 1.80. The van der Waals surface area contributed by atoms with Crippen LogP contribution in [0, 0.1) is 17.4 Å². The lowest BCUT2D eigenvalue weighted by Gasteiger charge is -1.98. The number of carboxylic acids is 1. The number of rotatable bonds is 2. The Balaban J connectivity index is 3.01. The van der Waals surface area contributed by atoms with Gasteiger partial charge in [0.25, 0.3) is 0 Å². The molecule has 0 aliphatic heterocycles. The van der Waals surface area contributed by atoms with Crippen molar-refractivity contribution >= 4 is 28.6 Å². The number of nitrogens with zero attached hydrogens (tertiary/aromatic N) is 2. The average Bonchev–Trinajstić information content (AvgIpc) is 2.17. The lowest BCUT2D eigenvalue weighted by Crippen LogP contribution is -2.11. The Labute approximate surface area is 83.7 Å². The van der Waals surface area contributed by atoms with Gasteiger partial charge in [-0.05, 0) is 36.4 Å². The highest BCUT2D eigenvalue weighted by atomic mass is 127. The molecule has 1 N–H and O–H groups in total. The van der Waals surface area contributed by atoms with Crippen LogP contribution in [0.25, 0.3) is 0 Å². The normalized spacial score (nSPS) is 10.2. The molecule has 1 heterocycles. The van der Waals surface area contributed by atoms with Crippen LogP contribution in [0.2, 0.25) is 0 Å². The molecule has 0 radical (unpaired) electrons. The van der Waals surface area contributed by atoms with E-state index in [1.54, 1.807) is 0 Å². The van der Waals surface area contributed by atoms with Gasteiger partial charge in [-0.15, -0.1) is 0 Å². The third kappa shape index (κ3) is 1.77. The number of aryl methyl sites for hydroxylation is 1. The third-order valence-corrected chi connectivity index (χ3v) is 3.14. The molecular formula is C7H9IN2O2. The minimum Gasteiger partial charge on any atom is -0.480 e. The maximum absolute atomic E-state index is 10.4. The van der Waals surface area contributed by atoms with Crippen LogP contribution in [0.15, 0.2) is 0 Å². The third-order valence-electron chi connectivity index (χ3n) is 1.58. The van der Waals surface area contributed by atoms with Crippen molar-refractivity contribution in [3.63, 3.8) is 0 Å². The topological polar surface area (TPSA) is 55.1 Å². The first-order valence-corrected chi connectivity index (χ1v) is 4.51. The molecule has 1 aromatic heterocycles. The summed E-state index contributed by atoms with van der Waals surface area (Å²) in [4.78, 5) is 10.4. The molecule has 0 saturated heterocycles. The smallest absolute Gasteiger partial charge is 0.325 e. The fourth-order valence-corrected chi connectivity index (χ4v) is 1.34. The summed E-state index contributed by atoms with van der Waals surface area (Å²) in [5.74, 6) is -0.864. The van der Waals surface area contributed by atoms with Crippen molar-refractivity contribution in [2.45, 2.75) is 20.4 Å². The first-order chi connectivity index (χ1) is 5.52. The van der Waals surface area contributed by atoms with Gasteiger partial charge in [-0.2, -0.15) is 5.10 Å². The summed E-state index contributed by atoms with van der Waals surface area (Å²) in [6.07, 6.45) is 0. The fraction of sp³-hybridized carbons (Fsp3) is 0.429. The zero-order valence-corrected chi connectivity index (χ0v) is 8.99. The van der Waals surface area contributed by atoms with E-state index in [9.17, 15) is 4.79 Å². The Hall–Kier alpha value is -0.590. The van der Waals surface area contributed by atoms with Crippen LogP contribution < -0.4 is 0 Å². The van der Waals surface area contributed by atoms with E-state index in [0.29, 0.717) is 0 Å². The van der Waals surface area contributed by atoms with Gasteiger partial charge in [0.05, 0.1) is 9.26 Å². The highest BCUT2D eigenvalue weighted by Gasteiger charge is 2.10. The Morgan fingerprint density at radius 1 is 1.67 bits per heavy atom. The van der Waals surface area contributed by atoms with Gasteiger partial charge in [-0.25, -0.2) is 0 Å². The van der Waals surface area contributed by atoms with E-state index >= 15 is 0 Å².